The fraction of sp³-hybridized carbons (Fsp3) is 0.138. The van der Waals surface area contributed by atoms with Crippen LogP contribution in [0.5, 0.6) is 0 Å². The number of fused-ring (bicyclic) bond motifs is 2. The summed E-state index contributed by atoms with van der Waals surface area (Å²) in [5.74, 6) is 6.12. The molecule has 1 amide bonds. The number of nitrogen functional groups attached to an aromatic ring is 1. The third-order valence-electron chi connectivity index (χ3n) is 6.55. The first-order valence-corrected chi connectivity index (χ1v) is 12.8. The Bertz CT molecular complexity index is 2000. The SMILES string of the molecule is C[C@@H](NC(=O)c1c(N)nn2cccnc12)c1nc2cccc(C#Cc3cccnc3)c2c(=O)n1CCc1c[nH]cn1. The van der Waals surface area contributed by atoms with Crippen molar-refractivity contribution in [1.29, 1.82) is 0 Å². The highest BCUT2D eigenvalue weighted by Gasteiger charge is 2.24. The molecule has 0 spiro atoms. The number of H-pyrrole nitrogens is 1. The Labute approximate surface area is 233 Å². The molecule has 0 aliphatic rings. The number of benzene rings is 1. The number of imidazole rings is 1. The number of hydrogen-bond acceptors (Lipinski definition) is 8. The van der Waals surface area contributed by atoms with Gasteiger partial charge in [0.05, 0.1) is 29.0 Å². The summed E-state index contributed by atoms with van der Waals surface area (Å²) in [4.78, 5) is 47.8. The van der Waals surface area contributed by atoms with E-state index in [2.05, 4.69) is 42.2 Å². The molecule has 0 bridgehead atoms. The second kappa shape index (κ2) is 10.7. The maximum Gasteiger partial charge on any atom is 0.262 e. The van der Waals surface area contributed by atoms with Gasteiger partial charge in [0, 0.05) is 55.1 Å². The van der Waals surface area contributed by atoms with Crippen molar-refractivity contribution in [1.82, 2.24) is 44.4 Å². The van der Waals surface area contributed by atoms with Crippen LogP contribution in [0.15, 0.2) is 78.5 Å². The van der Waals surface area contributed by atoms with Crippen LogP contribution in [0.3, 0.4) is 0 Å². The van der Waals surface area contributed by atoms with Crippen molar-refractivity contribution in [2.45, 2.75) is 25.9 Å². The molecule has 0 aliphatic heterocycles. The van der Waals surface area contributed by atoms with Crippen molar-refractivity contribution in [3.05, 3.63) is 112 Å². The molecule has 0 aliphatic carbocycles. The zero-order valence-electron chi connectivity index (χ0n) is 21.9. The Hall–Kier alpha value is -5.83. The molecule has 12 heteroatoms. The Morgan fingerprint density at radius 2 is 2.05 bits per heavy atom. The van der Waals surface area contributed by atoms with Gasteiger partial charge in [-0.2, -0.15) is 0 Å². The van der Waals surface area contributed by atoms with Crippen LogP contribution in [-0.4, -0.2) is 45.0 Å². The number of amides is 1. The fourth-order valence-electron chi connectivity index (χ4n) is 4.62. The number of aromatic amines is 1. The first-order chi connectivity index (χ1) is 20.0. The van der Waals surface area contributed by atoms with Crippen LogP contribution in [0.2, 0.25) is 0 Å². The minimum atomic E-state index is -0.665. The first-order valence-electron chi connectivity index (χ1n) is 12.8. The number of carbonyl (C=O) groups is 1. The van der Waals surface area contributed by atoms with Gasteiger partial charge < -0.3 is 16.0 Å². The van der Waals surface area contributed by atoms with Crippen LogP contribution in [0.4, 0.5) is 5.82 Å². The van der Waals surface area contributed by atoms with Crippen molar-refractivity contribution in [2.75, 3.05) is 5.73 Å². The largest absolute Gasteiger partial charge is 0.381 e. The van der Waals surface area contributed by atoms with E-state index in [0.29, 0.717) is 34.4 Å². The summed E-state index contributed by atoms with van der Waals surface area (Å²) < 4.78 is 3.01. The number of hydrogen-bond donors (Lipinski definition) is 3. The lowest BCUT2D eigenvalue weighted by Crippen LogP contribution is -2.34. The van der Waals surface area contributed by atoms with Crippen molar-refractivity contribution in [3.8, 4) is 11.8 Å². The Morgan fingerprint density at radius 3 is 2.85 bits per heavy atom. The molecular formula is C29H24N10O2. The summed E-state index contributed by atoms with van der Waals surface area (Å²) >= 11 is 0. The number of anilines is 1. The Balaban J connectivity index is 1.42. The highest BCUT2D eigenvalue weighted by Crippen LogP contribution is 2.20. The Kier molecular flexibility index (Phi) is 6.67. The molecule has 6 rings (SSSR count). The summed E-state index contributed by atoms with van der Waals surface area (Å²) in [6.45, 7) is 2.05. The molecule has 1 atom stereocenters. The maximum absolute atomic E-state index is 14.0. The summed E-state index contributed by atoms with van der Waals surface area (Å²) in [6, 6.07) is 10.0. The molecule has 5 aromatic heterocycles. The van der Waals surface area contributed by atoms with Gasteiger partial charge in [-0.05, 0) is 37.3 Å². The third kappa shape index (κ3) is 4.99. The fourth-order valence-corrected chi connectivity index (χ4v) is 4.62. The quantitative estimate of drug-likeness (QED) is 0.269. The van der Waals surface area contributed by atoms with Crippen LogP contribution in [0, 0.1) is 11.8 Å². The summed E-state index contributed by atoms with van der Waals surface area (Å²) in [5.41, 5.74) is 8.80. The molecule has 41 heavy (non-hydrogen) atoms. The standard InChI is InChI=1S/C29H24N10O2/c1-18(35-28(40)24-25(30)37-39-13-4-12-33-27(24)39)26-36-22-7-2-6-20(9-8-19-5-3-11-31-15-19)23(22)29(41)38(26)14-10-21-16-32-17-34-21/h2-7,11-13,15-18H,10,14H2,1H3,(H2,30,37)(H,32,34)(H,35,40)/t18-/m1/s1. The number of pyridine rings is 1. The minimum Gasteiger partial charge on any atom is -0.381 e. The number of aryl methyl sites for hydroxylation is 1. The molecule has 5 heterocycles. The van der Waals surface area contributed by atoms with Gasteiger partial charge in [0.15, 0.2) is 11.5 Å². The van der Waals surface area contributed by atoms with Gasteiger partial charge in [-0.15, -0.1) is 5.10 Å². The molecule has 0 saturated heterocycles. The minimum absolute atomic E-state index is 0.0487. The molecular weight excluding hydrogens is 520 g/mol. The first kappa shape index (κ1) is 25.4. The second-order valence-corrected chi connectivity index (χ2v) is 9.27. The molecule has 12 nitrogen and oxygen atoms in total. The van der Waals surface area contributed by atoms with Crippen LogP contribution in [0.1, 0.15) is 46.0 Å². The van der Waals surface area contributed by atoms with E-state index in [-0.39, 0.29) is 23.5 Å². The van der Waals surface area contributed by atoms with Crippen molar-refractivity contribution < 1.29 is 4.79 Å². The summed E-state index contributed by atoms with van der Waals surface area (Å²) in [6.07, 6.45) is 10.4. The monoisotopic (exact) mass is 544 g/mol. The predicted molar refractivity (Wildman–Crippen MR) is 152 cm³/mol. The van der Waals surface area contributed by atoms with Crippen molar-refractivity contribution in [3.63, 3.8) is 0 Å². The molecule has 0 saturated carbocycles. The zero-order chi connectivity index (χ0) is 28.3. The van der Waals surface area contributed by atoms with E-state index in [1.807, 2.05) is 6.07 Å². The van der Waals surface area contributed by atoms with E-state index in [9.17, 15) is 9.59 Å². The van der Waals surface area contributed by atoms with E-state index in [4.69, 9.17) is 10.7 Å². The number of rotatable bonds is 6. The van der Waals surface area contributed by atoms with Gasteiger partial charge in [-0.25, -0.2) is 19.5 Å². The van der Waals surface area contributed by atoms with E-state index in [1.165, 1.54) is 4.52 Å². The molecule has 1 aromatic carbocycles. The Morgan fingerprint density at radius 1 is 1.15 bits per heavy atom. The number of aromatic nitrogens is 8. The molecule has 6 aromatic rings. The van der Waals surface area contributed by atoms with Crippen molar-refractivity contribution >= 4 is 28.3 Å². The number of nitrogens with zero attached hydrogens (tertiary/aromatic N) is 7. The zero-order valence-corrected chi connectivity index (χ0v) is 21.9. The number of nitrogens with one attached hydrogen (secondary N) is 2. The normalized spacial score (nSPS) is 11.7. The van der Waals surface area contributed by atoms with Gasteiger partial charge >= 0.3 is 0 Å². The van der Waals surface area contributed by atoms with E-state index in [1.54, 1.807) is 79.1 Å². The van der Waals surface area contributed by atoms with E-state index in [0.717, 1.165) is 11.3 Å². The van der Waals surface area contributed by atoms with Gasteiger partial charge in [0.2, 0.25) is 0 Å². The van der Waals surface area contributed by atoms with Gasteiger partial charge in [0.1, 0.15) is 11.4 Å². The highest BCUT2D eigenvalue weighted by atomic mass is 16.2. The molecule has 0 radical (unpaired) electrons. The van der Waals surface area contributed by atoms with Crippen LogP contribution >= 0.6 is 0 Å². The van der Waals surface area contributed by atoms with E-state index < -0.39 is 11.9 Å². The number of carbonyl (C=O) groups excluding carboxylic acids is 1. The molecule has 0 fully saturated rings. The summed E-state index contributed by atoms with van der Waals surface area (Å²) in [5, 5.41) is 7.49. The van der Waals surface area contributed by atoms with Gasteiger partial charge in [-0.3, -0.25) is 19.1 Å². The van der Waals surface area contributed by atoms with E-state index >= 15 is 0 Å². The van der Waals surface area contributed by atoms with Gasteiger partial charge in [-0.1, -0.05) is 17.9 Å². The van der Waals surface area contributed by atoms with Crippen molar-refractivity contribution in [2.24, 2.45) is 0 Å². The van der Waals surface area contributed by atoms with Crippen LogP contribution < -0.4 is 16.6 Å². The third-order valence-corrected chi connectivity index (χ3v) is 6.55. The van der Waals surface area contributed by atoms with Crippen LogP contribution in [-0.2, 0) is 13.0 Å². The second-order valence-electron chi connectivity index (χ2n) is 9.27. The molecule has 4 N–H and O–H groups in total. The predicted octanol–water partition coefficient (Wildman–Crippen LogP) is 2.27. The molecule has 202 valence electrons. The average Bonchev–Trinajstić information content (AvgIpc) is 3.62. The topological polar surface area (TPSA) is 162 Å². The average molecular weight is 545 g/mol. The summed E-state index contributed by atoms with van der Waals surface area (Å²) in [7, 11) is 0. The lowest BCUT2D eigenvalue weighted by Gasteiger charge is -2.19. The van der Waals surface area contributed by atoms with Gasteiger partial charge in [0.25, 0.3) is 11.5 Å². The lowest BCUT2D eigenvalue weighted by molar-refractivity contribution is 0.0939. The molecule has 0 unspecified atom stereocenters. The number of nitrogens with two attached hydrogens (primary N) is 1. The highest BCUT2D eigenvalue weighted by molar-refractivity contribution is 6.04. The van der Waals surface area contributed by atoms with Crippen LogP contribution in [0.25, 0.3) is 16.6 Å². The lowest BCUT2D eigenvalue weighted by atomic mass is 10.1. The smallest absolute Gasteiger partial charge is 0.262 e. The maximum atomic E-state index is 14.0.